The van der Waals surface area contributed by atoms with Gasteiger partial charge in [-0.05, 0) is 53.4 Å². The third kappa shape index (κ3) is 5.37. The number of hydrogen-bond donors (Lipinski definition) is 2. The summed E-state index contributed by atoms with van der Waals surface area (Å²) in [6.07, 6.45) is 0.0611. The van der Waals surface area contributed by atoms with Crippen LogP contribution in [0.15, 0.2) is 72.8 Å². The van der Waals surface area contributed by atoms with Gasteiger partial charge in [-0.25, -0.2) is 4.79 Å². The molecule has 0 saturated heterocycles. The van der Waals surface area contributed by atoms with Crippen molar-refractivity contribution in [2.45, 2.75) is 37.9 Å². The highest BCUT2D eigenvalue weighted by molar-refractivity contribution is 6.01. The number of fused-ring (bicyclic) bond motifs is 1. The number of methoxy groups -OCH3 is 1. The molecule has 3 aromatic carbocycles. The van der Waals surface area contributed by atoms with Gasteiger partial charge >= 0.3 is 5.97 Å². The van der Waals surface area contributed by atoms with Gasteiger partial charge in [0, 0.05) is 23.2 Å². The zero-order valence-corrected chi connectivity index (χ0v) is 19.9. The van der Waals surface area contributed by atoms with E-state index in [9.17, 15) is 14.7 Å². The Hall–Kier alpha value is -4.08. The first-order valence-electron chi connectivity index (χ1n) is 11.3. The molecule has 0 radical (unpaired) electrons. The second kappa shape index (κ2) is 9.65. The Balaban J connectivity index is 1.65. The SMILES string of the molecule is COc1ccc(C#CC(O)(CC(C)(C)c2ccccc2)C(=O)Nc2ccc3c(c2)COC3=O)cc1. The van der Waals surface area contributed by atoms with E-state index in [1.54, 1.807) is 49.6 Å². The van der Waals surface area contributed by atoms with E-state index in [2.05, 4.69) is 17.2 Å². The average Bonchev–Trinajstić information content (AvgIpc) is 3.23. The summed E-state index contributed by atoms with van der Waals surface area (Å²) in [7, 11) is 1.58. The van der Waals surface area contributed by atoms with Crippen LogP contribution in [0.1, 0.15) is 47.3 Å². The van der Waals surface area contributed by atoms with Crippen molar-refractivity contribution in [1.29, 1.82) is 0 Å². The van der Waals surface area contributed by atoms with Crippen molar-refractivity contribution in [3.05, 3.63) is 95.1 Å². The lowest BCUT2D eigenvalue weighted by molar-refractivity contribution is -0.130. The number of carbonyl (C=O) groups excluding carboxylic acids is 2. The average molecular weight is 470 g/mol. The molecular formula is C29H27NO5. The van der Waals surface area contributed by atoms with E-state index in [1.165, 1.54) is 0 Å². The number of aliphatic hydroxyl groups is 1. The first-order chi connectivity index (χ1) is 16.7. The molecule has 0 bridgehead atoms. The Morgan fingerprint density at radius 3 is 2.49 bits per heavy atom. The summed E-state index contributed by atoms with van der Waals surface area (Å²) in [6.45, 7) is 4.09. The number of nitrogens with one attached hydrogen (secondary N) is 1. The molecule has 1 aliphatic heterocycles. The molecule has 1 aliphatic rings. The molecule has 4 rings (SSSR count). The number of cyclic esters (lactones) is 1. The highest BCUT2D eigenvalue weighted by Crippen LogP contribution is 2.33. The van der Waals surface area contributed by atoms with Gasteiger partial charge in [0.1, 0.15) is 12.4 Å². The molecule has 2 N–H and O–H groups in total. The van der Waals surface area contributed by atoms with Crippen LogP contribution in [-0.2, 0) is 21.6 Å². The lowest BCUT2D eigenvalue weighted by Gasteiger charge is -2.32. The summed E-state index contributed by atoms with van der Waals surface area (Å²) in [5, 5.41) is 14.4. The summed E-state index contributed by atoms with van der Waals surface area (Å²) in [6, 6.07) is 21.7. The minimum Gasteiger partial charge on any atom is -0.497 e. The molecule has 35 heavy (non-hydrogen) atoms. The number of anilines is 1. The first-order valence-corrected chi connectivity index (χ1v) is 11.3. The minimum absolute atomic E-state index is 0.0611. The predicted molar refractivity (Wildman–Crippen MR) is 133 cm³/mol. The van der Waals surface area contributed by atoms with Crippen LogP contribution >= 0.6 is 0 Å². The summed E-state index contributed by atoms with van der Waals surface area (Å²) in [4.78, 5) is 25.2. The summed E-state index contributed by atoms with van der Waals surface area (Å²) in [5.74, 6) is 5.43. The molecule has 0 fully saturated rings. The third-order valence-corrected chi connectivity index (χ3v) is 6.07. The fraction of sp³-hybridized carbons (Fsp3) is 0.241. The van der Waals surface area contributed by atoms with Crippen LogP contribution in [0.4, 0.5) is 5.69 Å². The standard InChI is InChI=1S/C29H27NO5/c1-28(2,22-7-5-4-6-8-22)19-29(33,16-15-20-9-12-24(34-3)13-10-20)27(32)30-23-11-14-25-21(17-23)18-35-26(25)31/h4-14,17,33H,18-19H2,1-3H3,(H,30,32). The Kier molecular flexibility index (Phi) is 6.63. The van der Waals surface area contributed by atoms with Crippen LogP contribution in [0.2, 0.25) is 0 Å². The summed E-state index contributed by atoms with van der Waals surface area (Å²) in [5.41, 5.74) is 0.681. The van der Waals surface area contributed by atoms with Gasteiger partial charge in [-0.15, -0.1) is 0 Å². The van der Waals surface area contributed by atoms with Crippen LogP contribution < -0.4 is 10.1 Å². The maximum atomic E-state index is 13.4. The predicted octanol–water partition coefficient (Wildman–Crippen LogP) is 4.45. The number of amides is 1. The number of rotatable bonds is 6. The molecule has 1 unspecified atom stereocenters. The Labute approximate surface area is 204 Å². The van der Waals surface area contributed by atoms with Gasteiger partial charge in [-0.3, -0.25) is 4.79 Å². The monoisotopic (exact) mass is 469 g/mol. The van der Waals surface area contributed by atoms with Gasteiger partial charge < -0.3 is 19.9 Å². The van der Waals surface area contributed by atoms with Gasteiger partial charge in [0.25, 0.3) is 5.91 Å². The highest BCUT2D eigenvalue weighted by atomic mass is 16.5. The van der Waals surface area contributed by atoms with Crippen LogP contribution in [-0.4, -0.2) is 29.7 Å². The molecule has 0 spiro atoms. The van der Waals surface area contributed by atoms with Crippen molar-refractivity contribution < 1.29 is 24.2 Å². The van der Waals surface area contributed by atoms with Crippen molar-refractivity contribution in [3.8, 4) is 17.6 Å². The lowest BCUT2D eigenvalue weighted by Crippen LogP contribution is -2.46. The highest BCUT2D eigenvalue weighted by Gasteiger charge is 2.41. The van der Waals surface area contributed by atoms with Gasteiger partial charge in [0.05, 0.1) is 12.7 Å². The zero-order valence-electron chi connectivity index (χ0n) is 19.9. The number of ether oxygens (including phenoxy) is 2. The Morgan fingerprint density at radius 1 is 1.09 bits per heavy atom. The maximum Gasteiger partial charge on any atom is 0.338 e. The van der Waals surface area contributed by atoms with Crippen molar-refractivity contribution in [2.24, 2.45) is 0 Å². The molecule has 1 atom stereocenters. The van der Waals surface area contributed by atoms with E-state index in [4.69, 9.17) is 9.47 Å². The first kappa shape index (κ1) is 24.1. The van der Waals surface area contributed by atoms with Crippen LogP contribution in [0.3, 0.4) is 0 Å². The van der Waals surface area contributed by atoms with E-state index in [1.807, 2.05) is 44.2 Å². The molecule has 1 heterocycles. The molecule has 0 aliphatic carbocycles. The number of esters is 1. The number of hydrogen-bond acceptors (Lipinski definition) is 5. The van der Waals surface area contributed by atoms with Crippen molar-refractivity contribution in [2.75, 3.05) is 12.4 Å². The van der Waals surface area contributed by atoms with Gasteiger partial charge in [-0.1, -0.05) is 56.0 Å². The van der Waals surface area contributed by atoms with E-state index < -0.39 is 16.9 Å². The summed E-state index contributed by atoms with van der Waals surface area (Å²) >= 11 is 0. The van der Waals surface area contributed by atoms with E-state index in [0.717, 1.165) is 5.56 Å². The molecular weight excluding hydrogens is 442 g/mol. The second-order valence-corrected chi connectivity index (χ2v) is 9.17. The fourth-order valence-electron chi connectivity index (χ4n) is 4.11. The van der Waals surface area contributed by atoms with Crippen molar-refractivity contribution >= 4 is 17.6 Å². The topological polar surface area (TPSA) is 84.9 Å². The summed E-state index contributed by atoms with van der Waals surface area (Å²) < 4.78 is 10.2. The largest absolute Gasteiger partial charge is 0.497 e. The molecule has 6 nitrogen and oxygen atoms in total. The lowest BCUT2D eigenvalue weighted by atomic mass is 9.75. The quantitative estimate of drug-likeness (QED) is 0.412. The van der Waals surface area contributed by atoms with E-state index in [-0.39, 0.29) is 19.0 Å². The molecule has 6 heteroatoms. The Bertz CT molecular complexity index is 1300. The molecule has 1 amide bonds. The molecule has 178 valence electrons. The van der Waals surface area contributed by atoms with Crippen molar-refractivity contribution in [3.63, 3.8) is 0 Å². The number of carbonyl (C=O) groups is 2. The van der Waals surface area contributed by atoms with Gasteiger partial charge in [-0.2, -0.15) is 0 Å². The molecule has 0 saturated carbocycles. The van der Waals surface area contributed by atoms with Crippen LogP contribution in [0.5, 0.6) is 5.75 Å². The fourth-order valence-corrected chi connectivity index (χ4v) is 4.11. The van der Waals surface area contributed by atoms with Crippen molar-refractivity contribution in [1.82, 2.24) is 0 Å². The smallest absolute Gasteiger partial charge is 0.338 e. The van der Waals surface area contributed by atoms with Crippen LogP contribution in [0, 0.1) is 11.8 Å². The van der Waals surface area contributed by atoms with Gasteiger partial charge in [0.2, 0.25) is 5.60 Å². The Morgan fingerprint density at radius 2 is 1.80 bits per heavy atom. The third-order valence-electron chi connectivity index (χ3n) is 6.07. The van der Waals surface area contributed by atoms with Crippen LogP contribution in [0.25, 0.3) is 0 Å². The number of benzene rings is 3. The van der Waals surface area contributed by atoms with E-state index in [0.29, 0.717) is 28.1 Å². The van der Waals surface area contributed by atoms with E-state index >= 15 is 0 Å². The molecule has 0 aromatic heterocycles. The minimum atomic E-state index is -2.00. The molecule has 3 aromatic rings. The normalized spacial score (nSPS) is 14.1. The van der Waals surface area contributed by atoms with Gasteiger partial charge in [0.15, 0.2) is 0 Å². The zero-order chi connectivity index (χ0) is 25.1. The second-order valence-electron chi connectivity index (χ2n) is 9.17. The maximum absolute atomic E-state index is 13.4.